The highest BCUT2D eigenvalue weighted by Gasteiger charge is 2.30. The number of carbonyl (C=O) groups is 1. The molecular weight excluding hydrogens is 202 g/mol. The quantitative estimate of drug-likeness (QED) is 0.750. The molecule has 3 heteroatoms. The van der Waals surface area contributed by atoms with Crippen molar-refractivity contribution >= 4 is 5.97 Å². The van der Waals surface area contributed by atoms with E-state index in [9.17, 15) is 4.79 Å². The summed E-state index contributed by atoms with van der Waals surface area (Å²) in [6.07, 6.45) is 5.67. The predicted octanol–water partition coefficient (Wildman–Crippen LogP) is 2.50. The molecule has 1 N–H and O–H groups in total. The zero-order chi connectivity index (χ0) is 12.2. The summed E-state index contributed by atoms with van der Waals surface area (Å²) in [6, 6.07) is 0.330. The van der Waals surface area contributed by atoms with Crippen LogP contribution in [0.25, 0.3) is 0 Å². The number of ether oxygens (including phenoxy) is 1. The Hall–Kier alpha value is -0.570. The second-order valence-corrected chi connectivity index (χ2v) is 5.61. The molecule has 1 rings (SSSR count). The molecule has 2 atom stereocenters. The zero-order valence-electron chi connectivity index (χ0n) is 11.0. The predicted molar refractivity (Wildman–Crippen MR) is 65.3 cm³/mol. The Morgan fingerprint density at radius 2 is 2.25 bits per heavy atom. The molecule has 2 unspecified atom stereocenters. The molecule has 0 spiro atoms. The second kappa shape index (κ2) is 5.67. The van der Waals surface area contributed by atoms with Gasteiger partial charge >= 0.3 is 5.97 Å². The van der Waals surface area contributed by atoms with Crippen molar-refractivity contribution in [3.8, 4) is 0 Å². The van der Waals surface area contributed by atoms with Crippen molar-refractivity contribution in [1.82, 2.24) is 5.32 Å². The molecule has 0 amide bonds. The second-order valence-electron chi connectivity index (χ2n) is 5.61. The Labute approximate surface area is 98.9 Å². The van der Waals surface area contributed by atoms with E-state index in [-0.39, 0.29) is 12.0 Å². The van der Waals surface area contributed by atoms with E-state index >= 15 is 0 Å². The van der Waals surface area contributed by atoms with Crippen LogP contribution in [0.2, 0.25) is 0 Å². The van der Waals surface area contributed by atoms with Crippen LogP contribution in [-0.2, 0) is 9.53 Å². The van der Waals surface area contributed by atoms with E-state index in [1.54, 1.807) is 0 Å². The molecule has 0 aromatic carbocycles. The molecule has 0 saturated heterocycles. The van der Waals surface area contributed by atoms with E-state index in [1.165, 1.54) is 26.4 Å². The van der Waals surface area contributed by atoms with Crippen molar-refractivity contribution in [1.29, 1.82) is 0 Å². The number of hydrogen-bond donors (Lipinski definition) is 1. The molecule has 0 radical (unpaired) electrons. The maximum absolute atomic E-state index is 11.5. The van der Waals surface area contributed by atoms with Crippen LogP contribution in [0.1, 0.15) is 52.9 Å². The lowest BCUT2D eigenvalue weighted by Gasteiger charge is -2.37. The Morgan fingerprint density at radius 1 is 1.56 bits per heavy atom. The van der Waals surface area contributed by atoms with Gasteiger partial charge in [-0.25, -0.2) is 0 Å². The average molecular weight is 227 g/mol. The average Bonchev–Trinajstić information content (AvgIpc) is 2.23. The van der Waals surface area contributed by atoms with Gasteiger partial charge in [-0.15, -0.1) is 0 Å². The largest absolute Gasteiger partial charge is 0.468 e. The molecule has 1 aliphatic carbocycles. The number of rotatable bonds is 4. The van der Waals surface area contributed by atoms with Gasteiger partial charge in [-0.1, -0.05) is 27.2 Å². The molecule has 1 aliphatic rings. The number of carbonyl (C=O) groups excluding carboxylic acids is 1. The number of esters is 1. The molecule has 16 heavy (non-hydrogen) atoms. The van der Waals surface area contributed by atoms with Gasteiger partial charge in [0.15, 0.2) is 0 Å². The van der Waals surface area contributed by atoms with Gasteiger partial charge in [0, 0.05) is 6.04 Å². The molecular formula is C13H25NO2. The Balaban J connectivity index is 2.48. The van der Waals surface area contributed by atoms with Crippen LogP contribution in [0.4, 0.5) is 0 Å². The Kier molecular flexibility index (Phi) is 4.78. The molecule has 0 heterocycles. The number of methoxy groups -OCH3 is 1. The molecule has 1 saturated carbocycles. The first-order chi connectivity index (χ1) is 7.48. The van der Waals surface area contributed by atoms with Crippen molar-refractivity contribution in [2.75, 3.05) is 7.11 Å². The third-order valence-electron chi connectivity index (χ3n) is 3.54. The minimum Gasteiger partial charge on any atom is -0.468 e. The lowest BCUT2D eigenvalue weighted by Crippen LogP contribution is -2.46. The van der Waals surface area contributed by atoms with Gasteiger partial charge in [0.1, 0.15) is 6.04 Å². The highest BCUT2D eigenvalue weighted by Crippen LogP contribution is 2.35. The van der Waals surface area contributed by atoms with Crippen LogP contribution < -0.4 is 5.32 Å². The van der Waals surface area contributed by atoms with E-state index < -0.39 is 0 Å². The van der Waals surface area contributed by atoms with Crippen LogP contribution in [0, 0.1) is 5.41 Å². The Morgan fingerprint density at radius 3 is 2.75 bits per heavy atom. The van der Waals surface area contributed by atoms with Crippen molar-refractivity contribution in [2.45, 2.75) is 65.0 Å². The molecule has 0 aliphatic heterocycles. The summed E-state index contributed by atoms with van der Waals surface area (Å²) in [5, 5.41) is 3.44. The first kappa shape index (κ1) is 13.5. The summed E-state index contributed by atoms with van der Waals surface area (Å²) in [7, 11) is 1.46. The van der Waals surface area contributed by atoms with Crippen LogP contribution >= 0.6 is 0 Å². The summed E-state index contributed by atoms with van der Waals surface area (Å²) in [5.74, 6) is -0.133. The SMILES string of the molecule is CCC(NC1CCCC(C)(C)C1)C(=O)OC. The van der Waals surface area contributed by atoms with E-state index in [4.69, 9.17) is 4.74 Å². The molecule has 94 valence electrons. The fraction of sp³-hybridized carbons (Fsp3) is 0.923. The van der Waals surface area contributed by atoms with Crippen LogP contribution in [0.5, 0.6) is 0 Å². The van der Waals surface area contributed by atoms with Gasteiger partial charge in [-0.3, -0.25) is 4.79 Å². The lowest BCUT2D eigenvalue weighted by atomic mass is 9.75. The smallest absolute Gasteiger partial charge is 0.322 e. The normalized spacial score (nSPS) is 26.1. The highest BCUT2D eigenvalue weighted by molar-refractivity contribution is 5.75. The summed E-state index contributed by atoms with van der Waals surface area (Å²) >= 11 is 0. The molecule has 0 aromatic heterocycles. The van der Waals surface area contributed by atoms with Crippen molar-refractivity contribution in [2.24, 2.45) is 5.41 Å². The zero-order valence-corrected chi connectivity index (χ0v) is 11.0. The summed E-state index contributed by atoms with van der Waals surface area (Å²) in [5.41, 5.74) is 0.407. The van der Waals surface area contributed by atoms with Crippen LogP contribution in [0.15, 0.2) is 0 Å². The van der Waals surface area contributed by atoms with E-state index in [2.05, 4.69) is 19.2 Å². The van der Waals surface area contributed by atoms with Crippen LogP contribution in [-0.4, -0.2) is 25.2 Å². The van der Waals surface area contributed by atoms with Gasteiger partial charge in [-0.2, -0.15) is 0 Å². The standard InChI is InChI=1S/C13H25NO2/c1-5-11(12(15)16-4)14-10-7-6-8-13(2,3)9-10/h10-11,14H,5-9H2,1-4H3. The molecule has 1 fully saturated rings. The minimum absolute atomic E-state index is 0.133. The minimum atomic E-state index is -0.135. The first-order valence-electron chi connectivity index (χ1n) is 6.32. The number of hydrogen-bond acceptors (Lipinski definition) is 3. The third kappa shape index (κ3) is 3.78. The maximum atomic E-state index is 11.5. The summed E-state index contributed by atoms with van der Waals surface area (Å²) < 4.78 is 4.80. The number of nitrogens with one attached hydrogen (secondary N) is 1. The molecule has 0 bridgehead atoms. The molecule has 0 aromatic rings. The topological polar surface area (TPSA) is 38.3 Å². The van der Waals surface area contributed by atoms with E-state index in [0.717, 1.165) is 12.8 Å². The van der Waals surface area contributed by atoms with Crippen molar-refractivity contribution in [3.05, 3.63) is 0 Å². The van der Waals surface area contributed by atoms with Crippen molar-refractivity contribution in [3.63, 3.8) is 0 Å². The first-order valence-corrected chi connectivity index (χ1v) is 6.32. The van der Waals surface area contributed by atoms with Gasteiger partial charge in [0.05, 0.1) is 7.11 Å². The Bertz CT molecular complexity index is 238. The monoisotopic (exact) mass is 227 g/mol. The highest BCUT2D eigenvalue weighted by atomic mass is 16.5. The van der Waals surface area contributed by atoms with Crippen molar-refractivity contribution < 1.29 is 9.53 Å². The van der Waals surface area contributed by atoms with Gasteiger partial charge in [-0.05, 0) is 31.1 Å². The van der Waals surface area contributed by atoms with Crippen LogP contribution in [0.3, 0.4) is 0 Å². The van der Waals surface area contributed by atoms with E-state index in [1.807, 2.05) is 6.92 Å². The molecule has 3 nitrogen and oxygen atoms in total. The van der Waals surface area contributed by atoms with Gasteiger partial charge in [0.25, 0.3) is 0 Å². The fourth-order valence-electron chi connectivity index (χ4n) is 2.62. The fourth-order valence-corrected chi connectivity index (χ4v) is 2.62. The van der Waals surface area contributed by atoms with E-state index in [0.29, 0.717) is 11.5 Å². The summed E-state index contributed by atoms with van der Waals surface area (Å²) in [6.45, 7) is 6.63. The maximum Gasteiger partial charge on any atom is 0.322 e. The third-order valence-corrected chi connectivity index (χ3v) is 3.54. The lowest BCUT2D eigenvalue weighted by molar-refractivity contribution is -0.143. The van der Waals surface area contributed by atoms with Gasteiger partial charge < -0.3 is 10.1 Å². The van der Waals surface area contributed by atoms with Gasteiger partial charge in [0.2, 0.25) is 0 Å². The summed E-state index contributed by atoms with van der Waals surface area (Å²) in [4.78, 5) is 11.5.